The highest BCUT2D eigenvalue weighted by Crippen LogP contribution is 2.36. The summed E-state index contributed by atoms with van der Waals surface area (Å²) in [6.45, 7) is 3.25. The fourth-order valence-electron chi connectivity index (χ4n) is 4.49. The third-order valence-corrected chi connectivity index (χ3v) is 6.84. The standard InChI is InChI=1S/C24H22ClF2N5O3/c1-31-17(15-5-6-18(35-2)20(27)19(15)26)8-29-21(31)22(33)30-13-3-4-14(16(25)7-13)23(34)32-11-24(12-32)9-28-10-24/h3-8,28H,9-12H2,1-2H3,(H,30,33). The lowest BCUT2D eigenvalue weighted by atomic mass is 9.74. The predicted molar refractivity (Wildman–Crippen MR) is 126 cm³/mol. The molecule has 8 nitrogen and oxygen atoms in total. The van der Waals surface area contributed by atoms with E-state index in [0.29, 0.717) is 24.3 Å². The van der Waals surface area contributed by atoms with E-state index in [9.17, 15) is 18.4 Å². The van der Waals surface area contributed by atoms with Gasteiger partial charge in [0.25, 0.3) is 11.8 Å². The summed E-state index contributed by atoms with van der Waals surface area (Å²) in [6, 6.07) is 7.31. The lowest BCUT2D eigenvalue weighted by molar-refractivity contribution is -0.0248. The third kappa shape index (κ3) is 3.92. The Morgan fingerprint density at radius 1 is 1.17 bits per heavy atom. The van der Waals surface area contributed by atoms with Crippen LogP contribution in [-0.2, 0) is 7.05 Å². The number of likely N-dealkylation sites (tertiary alicyclic amines) is 1. The van der Waals surface area contributed by atoms with Gasteiger partial charge in [-0.3, -0.25) is 9.59 Å². The minimum Gasteiger partial charge on any atom is -0.494 e. The van der Waals surface area contributed by atoms with Crippen LogP contribution in [0, 0.1) is 17.0 Å². The molecule has 0 saturated carbocycles. The first-order valence-corrected chi connectivity index (χ1v) is 11.3. The van der Waals surface area contributed by atoms with Gasteiger partial charge in [-0.25, -0.2) is 9.37 Å². The molecule has 11 heteroatoms. The van der Waals surface area contributed by atoms with Crippen molar-refractivity contribution in [3.8, 4) is 17.0 Å². The quantitative estimate of drug-likeness (QED) is 0.560. The minimum atomic E-state index is -1.13. The normalized spacial score (nSPS) is 16.0. The fourth-order valence-corrected chi connectivity index (χ4v) is 4.75. The van der Waals surface area contributed by atoms with Crippen molar-refractivity contribution in [1.29, 1.82) is 0 Å². The third-order valence-electron chi connectivity index (χ3n) is 6.53. The number of anilines is 1. The van der Waals surface area contributed by atoms with Crippen molar-refractivity contribution in [2.24, 2.45) is 12.5 Å². The molecule has 2 aliphatic heterocycles. The van der Waals surface area contributed by atoms with Crippen LogP contribution in [0.4, 0.5) is 14.5 Å². The van der Waals surface area contributed by atoms with E-state index in [4.69, 9.17) is 16.3 Å². The number of amides is 2. The van der Waals surface area contributed by atoms with Crippen LogP contribution in [0.2, 0.25) is 5.02 Å². The molecule has 2 aliphatic rings. The number of halogens is 3. The Morgan fingerprint density at radius 2 is 1.91 bits per heavy atom. The van der Waals surface area contributed by atoms with Crippen LogP contribution >= 0.6 is 11.6 Å². The summed E-state index contributed by atoms with van der Waals surface area (Å²) >= 11 is 6.35. The summed E-state index contributed by atoms with van der Waals surface area (Å²) in [7, 11) is 2.76. The number of rotatable bonds is 5. The van der Waals surface area contributed by atoms with Crippen molar-refractivity contribution in [2.75, 3.05) is 38.6 Å². The highest BCUT2D eigenvalue weighted by Gasteiger charge is 2.49. The molecule has 0 unspecified atom stereocenters. The van der Waals surface area contributed by atoms with Gasteiger partial charge in [0.15, 0.2) is 17.4 Å². The summed E-state index contributed by atoms with van der Waals surface area (Å²) in [4.78, 5) is 31.4. The molecule has 2 saturated heterocycles. The van der Waals surface area contributed by atoms with E-state index in [2.05, 4.69) is 15.6 Å². The Kier molecular flexibility index (Phi) is 5.72. The predicted octanol–water partition coefficient (Wildman–Crippen LogP) is 3.33. The second-order valence-electron chi connectivity index (χ2n) is 8.88. The van der Waals surface area contributed by atoms with E-state index in [1.54, 1.807) is 17.0 Å². The van der Waals surface area contributed by atoms with Crippen LogP contribution in [0.1, 0.15) is 21.0 Å². The van der Waals surface area contributed by atoms with Gasteiger partial charge in [0.2, 0.25) is 5.82 Å². The summed E-state index contributed by atoms with van der Waals surface area (Å²) in [5, 5.41) is 6.12. The summed E-state index contributed by atoms with van der Waals surface area (Å²) in [6.07, 6.45) is 1.28. The number of carbonyl (C=O) groups is 2. The largest absolute Gasteiger partial charge is 0.494 e. The van der Waals surface area contributed by atoms with Crippen molar-refractivity contribution < 1.29 is 23.1 Å². The first-order valence-electron chi connectivity index (χ1n) is 10.9. The second kappa shape index (κ2) is 8.62. The van der Waals surface area contributed by atoms with Gasteiger partial charge >= 0.3 is 0 Å². The van der Waals surface area contributed by atoms with Crippen molar-refractivity contribution in [3.05, 3.63) is 64.6 Å². The van der Waals surface area contributed by atoms with Crippen molar-refractivity contribution in [1.82, 2.24) is 19.8 Å². The molecular weight excluding hydrogens is 480 g/mol. The molecule has 2 fully saturated rings. The Balaban J connectivity index is 1.31. The molecule has 2 aromatic carbocycles. The van der Waals surface area contributed by atoms with E-state index >= 15 is 0 Å². The van der Waals surface area contributed by atoms with Gasteiger partial charge in [0, 0.05) is 49.9 Å². The lowest BCUT2D eigenvalue weighted by Crippen LogP contribution is -2.71. The number of hydrogen-bond acceptors (Lipinski definition) is 5. The Bertz CT molecular complexity index is 1350. The Hall–Kier alpha value is -3.50. The molecule has 0 radical (unpaired) electrons. The molecule has 0 atom stereocenters. The van der Waals surface area contributed by atoms with Crippen LogP contribution in [0.25, 0.3) is 11.3 Å². The number of nitrogens with one attached hydrogen (secondary N) is 2. The zero-order valence-corrected chi connectivity index (χ0v) is 19.7. The zero-order valence-electron chi connectivity index (χ0n) is 19.0. The van der Waals surface area contributed by atoms with Crippen LogP contribution in [0.3, 0.4) is 0 Å². The maximum atomic E-state index is 14.5. The molecule has 0 aliphatic carbocycles. The van der Waals surface area contributed by atoms with Crippen LogP contribution in [0.15, 0.2) is 36.5 Å². The lowest BCUT2D eigenvalue weighted by Gasteiger charge is -2.56. The van der Waals surface area contributed by atoms with Gasteiger partial charge in [-0.05, 0) is 30.3 Å². The Labute approximate surface area is 204 Å². The molecular formula is C24H22ClF2N5O3. The van der Waals surface area contributed by atoms with Gasteiger partial charge in [-0.1, -0.05) is 11.6 Å². The van der Waals surface area contributed by atoms with Gasteiger partial charge in [0.1, 0.15) is 0 Å². The average molecular weight is 502 g/mol. The maximum absolute atomic E-state index is 14.5. The molecule has 35 heavy (non-hydrogen) atoms. The topological polar surface area (TPSA) is 88.5 Å². The molecule has 1 spiro atoms. The summed E-state index contributed by atoms with van der Waals surface area (Å²) < 4.78 is 34.8. The molecule has 0 bridgehead atoms. The van der Waals surface area contributed by atoms with Crippen molar-refractivity contribution >= 4 is 29.1 Å². The number of ether oxygens (including phenoxy) is 1. The number of hydrogen-bond donors (Lipinski definition) is 2. The molecule has 3 aromatic rings. The number of methoxy groups -OCH3 is 1. The molecule has 182 valence electrons. The van der Waals surface area contributed by atoms with E-state index in [-0.39, 0.29) is 39.2 Å². The monoisotopic (exact) mass is 501 g/mol. The summed E-state index contributed by atoms with van der Waals surface area (Å²) in [5.41, 5.74) is 1.09. The van der Waals surface area contributed by atoms with E-state index in [0.717, 1.165) is 13.1 Å². The van der Waals surface area contributed by atoms with E-state index < -0.39 is 17.5 Å². The Morgan fingerprint density at radius 3 is 2.54 bits per heavy atom. The molecule has 5 rings (SSSR count). The maximum Gasteiger partial charge on any atom is 0.291 e. The number of aromatic nitrogens is 2. The molecule has 3 heterocycles. The van der Waals surface area contributed by atoms with E-state index in [1.165, 1.54) is 43.1 Å². The van der Waals surface area contributed by atoms with Crippen LogP contribution in [-0.4, -0.2) is 59.6 Å². The first-order chi connectivity index (χ1) is 16.7. The minimum absolute atomic E-state index is 0.0214. The smallest absolute Gasteiger partial charge is 0.291 e. The number of nitrogens with zero attached hydrogens (tertiary/aromatic N) is 3. The molecule has 2 amide bonds. The zero-order chi connectivity index (χ0) is 24.9. The number of imidazole rings is 1. The van der Waals surface area contributed by atoms with Crippen molar-refractivity contribution in [3.63, 3.8) is 0 Å². The SMILES string of the molecule is COc1ccc(-c2cnc(C(=O)Nc3ccc(C(=O)N4CC5(CNC5)C4)c(Cl)c3)n2C)c(F)c1F. The highest BCUT2D eigenvalue weighted by atomic mass is 35.5. The fraction of sp³-hybridized carbons (Fsp3) is 0.292. The van der Waals surface area contributed by atoms with Crippen LogP contribution < -0.4 is 15.4 Å². The number of carbonyl (C=O) groups excluding carboxylic acids is 2. The number of benzene rings is 2. The first kappa shape index (κ1) is 23.3. The van der Waals surface area contributed by atoms with Gasteiger partial charge < -0.3 is 24.8 Å². The van der Waals surface area contributed by atoms with Crippen LogP contribution in [0.5, 0.6) is 5.75 Å². The van der Waals surface area contributed by atoms with Gasteiger partial charge in [-0.2, -0.15) is 4.39 Å². The summed E-state index contributed by atoms with van der Waals surface area (Å²) in [5.74, 6) is -3.20. The highest BCUT2D eigenvalue weighted by molar-refractivity contribution is 6.34. The molecule has 1 aromatic heterocycles. The average Bonchev–Trinajstić information content (AvgIpc) is 3.15. The molecule has 2 N–H and O–H groups in total. The van der Waals surface area contributed by atoms with Crippen molar-refractivity contribution in [2.45, 2.75) is 0 Å². The second-order valence-corrected chi connectivity index (χ2v) is 9.29. The van der Waals surface area contributed by atoms with Gasteiger partial charge in [0.05, 0.1) is 29.6 Å². The van der Waals surface area contributed by atoms with E-state index in [1.807, 2.05) is 0 Å². The van der Waals surface area contributed by atoms with Gasteiger partial charge in [-0.15, -0.1) is 0 Å².